The number of anilines is 1. The number of rotatable bonds is 5. The van der Waals surface area contributed by atoms with Crippen LogP contribution in [0.15, 0.2) is 35.0 Å². The Balaban J connectivity index is 1.96. The van der Waals surface area contributed by atoms with Gasteiger partial charge in [-0.3, -0.25) is 9.69 Å². The van der Waals surface area contributed by atoms with Crippen molar-refractivity contribution in [2.24, 2.45) is 4.99 Å². The third-order valence-corrected chi connectivity index (χ3v) is 3.85. The molecule has 1 aromatic rings. The molecule has 1 aliphatic heterocycles. The fourth-order valence-corrected chi connectivity index (χ4v) is 2.54. The van der Waals surface area contributed by atoms with Gasteiger partial charge in [-0.15, -0.1) is 0 Å². The number of hydrogen-bond acceptors (Lipinski definition) is 5. The standard InChI is InChI=1S/C20H28N4O3/c1-14-22-17(13-15-7-9-16(10-8-15)23(5)6)18(25)24(14)12-11-21-19(26)27-20(2,3)4/h7-10,13H,11-12H2,1-6H3,(H,21,26)/b17-13+. The second-order valence-electron chi connectivity index (χ2n) is 7.56. The molecule has 0 atom stereocenters. The smallest absolute Gasteiger partial charge is 0.407 e. The molecule has 27 heavy (non-hydrogen) atoms. The SMILES string of the molecule is CC1=N/C(=C/c2ccc(N(C)C)cc2)C(=O)N1CCNC(=O)OC(C)(C)C. The van der Waals surface area contributed by atoms with Gasteiger partial charge in [-0.1, -0.05) is 12.1 Å². The third kappa shape index (κ3) is 5.84. The lowest BCUT2D eigenvalue weighted by atomic mass is 10.1. The van der Waals surface area contributed by atoms with Gasteiger partial charge in [0.25, 0.3) is 5.91 Å². The van der Waals surface area contributed by atoms with Crippen molar-refractivity contribution in [3.05, 3.63) is 35.5 Å². The van der Waals surface area contributed by atoms with Gasteiger partial charge in [0.15, 0.2) is 0 Å². The molecule has 0 saturated carbocycles. The molecule has 1 heterocycles. The average Bonchev–Trinajstić information content (AvgIpc) is 2.81. The van der Waals surface area contributed by atoms with Crippen molar-refractivity contribution in [1.29, 1.82) is 0 Å². The topological polar surface area (TPSA) is 74.2 Å². The number of amidine groups is 1. The molecule has 0 unspecified atom stereocenters. The molecule has 1 aromatic carbocycles. The zero-order valence-electron chi connectivity index (χ0n) is 16.9. The zero-order chi connectivity index (χ0) is 20.2. The summed E-state index contributed by atoms with van der Waals surface area (Å²) in [6.45, 7) is 7.81. The van der Waals surface area contributed by atoms with Gasteiger partial charge in [0.2, 0.25) is 0 Å². The molecule has 0 aromatic heterocycles. The maximum absolute atomic E-state index is 12.6. The maximum atomic E-state index is 12.6. The van der Waals surface area contributed by atoms with Crippen LogP contribution in [0, 0.1) is 0 Å². The van der Waals surface area contributed by atoms with Crippen molar-refractivity contribution in [3.8, 4) is 0 Å². The van der Waals surface area contributed by atoms with E-state index >= 15 is 0 Å². The van der Waals surface area contributed by atoms with Crippen molar-refractivity contribution in [1.82, 2.24) is 10.2 Å². The predicted octanol–water partition coefficient (Wildman–Crippen LogP) is 2.88. The van der Waals surface area contributed by atoms with Gasteiger partial charge in [0.1, 0.15) is 17.1 Å². The fourth-order valence-electron chi connectivity index (χ4n) is 2.54. The van der Waals surface area contributed by atoms with Crippen LogP contribution in [0.5, 0.6) is 0 Å². The Morgan fingerprint density at radius 1 is 1.26 bits per heavy atom. The summed E-state index contributed by atoms with van der Waals surface area (Å²) in [6, 6.07) is 7.89. The Morgan fingerprint density at radius 3 is 2.44 bits per heavy atom. The van der Waals surface area contributed by atoms with Gasteiger partial charge in [-0.2, -0.15) is 0 Å². The van der Waals surface area contributed by atoms with E-state index < -0.39 is 11.7 Å². The molecule has 2 rings (SSSR count). The Labute approximate surface area is 160 Å². The van der Waals surface area contributed by atoms with E-state index in [1.165, 1.54) is 0 Å². The summed E-state index contributed by atoms with van der Waals surface area (Å²) >= 11 is 0. The highest BCUT2D eigenvalue weighted by molar-refractivity contribution is 6.13. The van der Waals surface area contributed by atoms with Crippen LogP contribution in [-0.2, 0) is 9.53 Å². The molecule has 2 amide bonds. The first-order valence-corrected chi connectivity index (χ1v) is 8.90. The van der Waals surface area contributed by atoms with Crippen LogP contribution < -0.4 is 10.2 Å². The van der Waals surface area contributed by atoms with E-state index in [2.05, 4.69) is 10.3 Å². The highest BCUT2D eigenvalue weighted by atomic mass is 16.6. The van der Waals surface area contributed by atoms with Crippen LogP contribution in [0.3, 0.4) is 0 Å². The maximum Gasteiger partial charge on any atom is 0.407 e. The van der Waals surface area contributed by atoms with Gasteiger partial charge in [0.05, 0.1) is 0 Å². The molecule has 0 saturated heterocycles. The number of benzene rings is 1. The number of amides is 2. The van der Waals surface area contributed by atoms with E-state index in [4.69, 9.17) is 4.74 Å². The molecular formula is C20H28N4O3. The largest absolute Gasteiger partial charge is 0.444 e. The second-order valence-corrected chi connectivity index (χ2v) is 7.56. The molecular weight excluding hydrogens is 344 g/mol. The molecule has 1 N–H and O–H groups in total. The fraction of sp³-hybridized carbons (Fsp3) is 0.450. The number of hydrogen-bond donors (Lipinski definition) is 1. The van der Waals surface area contributed by atoms with Crippen LogP contribution in [0.1, 0.15) is 33.3 Å². The predicted molar refractivity (Wildman–Crippen MR) is 108 cm³/mol. The zero-order valence-corrected chi connectivity index (χ0v) is 16.9. The minimum Gasteiger partial charge on any atom is -0.444 e. The summed E-state index contributed by atoms with van der Waals surface area (Å²) in [6.07, 6.45) is 1.27. The van der Waals surface area contributed by atoms with Crippen molar-refractivity contribution in [2.75, 3.05) is 32.1 Å². The van der Waals surface area contributed by atoms with Crippen molar-refractivity contribution >= 4 is 29.6 Å². The highest BCUT2D eigenvalue weighted by Gasteiger charge is 2.27. The number of nitrogens with zero attached hydrogens (tertiary/aromatic N) is 3. The Bertz CT molecular complexity index is 758. The quantitative estimate of drug-likeness (QED) is 0.807. The Kier molecular flexibility index (Phi) is 6.25. The minimum atomic E-state index is -0.553. The van der Waals surface area contributed by atoms with E-state index in [9.17, 15) is 9.59 Å². The lowest BCUT2D eigenvalue weighted by molar-refractivity contribution is -0.122. The van der Waals surface area contributed by atoms with Crippen LogP contribution in [0.4, 0.5) is 10.5 Å². The second kappa shape index (κ2) is 8.24. The van der Waals surface area contributed by atoms with Crippen molar-refractivity contribution in [3.63, 3.8) is 0 Å². The van der Waals surface area contributed by atoms with Crippen LogP contribution in [0.2, 0.25) is 0 Å². The Morgan fingerprint density at radius 2 is 1.89 bits per heavy atom. The van der Waals surface area contributed by atoms with Gasteiger partial charge >= 0.3 is 6.09 Å². The summed E-state index contributed by atoms with van der Waals surface area (Å²) in [5, 5.41) is 2.65. The number of carbonyl (C=O) groups is 2. The van der Waals surface area contributed by atoms with Crippen LogP contribution in [0.25, 0.3) is 6.08 Å². The normalized spacial score (nSPS) is 15.8. The number of alkyl carbamates (subject to hydrolysis) is 1. The molecule has 7 nitrogen and oxygen atoms in total. The summed E-state index contributed by atoms with van der Waals surface area (Å²) < 4.78 is 5.18. The summed E-state index contributed by atoms with van der Waals surface area (Å²) in [7, 11) is 3.95. The van der Waals surface area contributed by atoms with E-state index in [-0.39, 0.29) is 5.91 Å². The first-order valence-electron chi connectivity index (χ1n) is 8.90. The van der Waals surface area contributed by atoms with Crippen LogP contribution in [-0.4, -0.2) is 55.5 Å². The molecule has 146 valence electrons. The van der Waals surface area contributed by atoms with Gasteiger partial charge in [-0.05, 0) is 51.5 Å². The average molecular weight is 372 g/mol. The van der Waals surface area contributed by atoms with Crippen molar-refractivity contribution in [2.45, 2.75) is 33.3 Å². The van der Waals surface area contributed by atoms with Crippen LogP contribution >= 0.6 is 0 Å². The molecule has 0 fully saturated rings. The minimum absolute atomic E-state index is 0.171. The lowest BCUT2D eigenvalue weighted by Gasteiger charge is -2.21. The van der Waals surface area contributed by atoms with E-state index in [0.29, 0.717) is 24.6 Å². The molecule has 7 heteroatoms. The first kappa shape index (κ1) is 20.5. The molecule has 0 spiro atoms. The number of nitrogens with one attached hydrogen (secondary N) is 1. The molecule has 0 aliphatic carbocycles. The third-order valence-electron chi connectivity index (χ3n) is 3.85. The number of ether oxygens (including phenoxy) is 1. The van der Waals surface area contributed by atoms with E-state index in [1.54, 1.807) is 38.7 Å². The Hall–Kier alpha value is -2.83. The summed E-state index contributed by atoms with van der Waals surface area (Å²) in [4.78, 5) is 32.2. The molecule has 0 radical (unpaired) electrons. The summed E-state index contributed by atoms with van der Waals surface area (Å²) in [5.74, 6) is 0.442. The van der Waals surface area contributed by atoms with Gasteiger partial charge in [-0.25, -0.2) is 9.79 Å². The van der Waals surface area contributed by atoms with Gasteiger partial charge < -0.3 is 15.0 Å². The lowest BCUT2D eigenvalue weighted by Crippen LogP contribution is -2.40. The number of aliphatic imine (C=N–C) groups is 1. The van der Waals surface area contributed by atoms with E-state index in [0.717, 1.165) is 11.3 Å². The first-order chi connectivity index (χ1) is 12.6. The monoisotopic (exact) mass is 372 g/mol. The van der Waals surface area contributed by atoms with Crippen molar-refractivity contribution < 1.29 is 14.3 Å². The summed E-state index contributed by atoms with van der Waals surface area (Å²) in [5.41, 5.74) is 1.84. The van der Waals surface area contributed by atoms with E-state index in [1.807, 2.05) is 43.3 Å². The number of carbonyl (C=O) groups excluding carboxylic acids is 2. The highest BCUT2D eigenvalue weighted by Crippen LogP contribution is 2.20. The van der Waals surface area contributed by atoms with Gasteiger partial charge in [0, 0.05) is 32.9 Å². The molecule has 1 aliphatic rings. The molecule has 0 bridgehead atoms.